The normalized spacial score (nSPS) is 15.7. The molecule has 0 radical (unpaired) electrons. The van der Waals surface area contributed by atoms with Gasteiger partial charge in [-0.1, -0.05) is 6.07 Å². The Balaban J connectivity index is 2.22. The number of aryl methyl sites for hydroxylation is 3. The lowest BCUT2D eigenvalue weighted by atomic mass is 9.97. The van der Waals surface area contributed by atoms with Gasteiger partial charge in [-0.3, -0.25) is 19.3 Å². The van der Waals surface area contributed by atoms with Crippen LogP contribution in [0.5, 0.6) is 0 Å². The molecule has 2 amide bonds. The lowest BCUT2D eigenvalue weighted by molar-refractivity contribution is -0.147. The third-order valence-electron chi connectivity index (χ3n) is 3.83. The molecule has 4 nitrogen and oxygen atoms in total. The van der Waals surface area contributed by atoms with Crippen molar-refractivity contribution >= 4 is 17.6 Å². The topological polar surface area (TPSA) is 54.5 Å². The summed E-state index contributed by atoms with van der Waals surface area (Å²) in [5.74, 6) is -0.652. The molecule has 0 atom stereocenters. The molecule has 1 aliphatic heterocycles. The van der Waals surface area contributed by atoms with Crippen molar-refractivity contribution in [2.45, 2.75) is 40.0 Å². The molecule has 1 aromatic carbocycles. The van der Waals surface area contributed by atoms with Crippen LogP contribution >= 0.6 is 0 Å². The second kappa shape index (κ2) is 5.57. The van der Waals surface area contributed by atoms with Gasteiger partial charge in [0.15, 0.2) is 5.78 Å². The number of amides is 2. The van der Waals surface area contributed by atoms with E-state index >= 15 is 0 Å². The van der Waals surface area contributed by atoms with Gasteiger partial charge in [0.25, 0.3) is 0 Å². The predicted molar refractivity (Wildman–Crippen MR) is 75.6 cm³/mol. The van der Waals surface area contributed by atoms with Crippen LogP contribution in [0.15, 0.2) is 12.1 Å². The highest BCUT2D eigenvalue weighted by molar-refractivity contribution is 6.06. The third-order valence-corrected chi connectivity index (χ3v) is 3.83. The van der Waals surface area contributed by atoms with Crippen molar-refractivity contribution < 1.29 is 14.4 Å². The van der Waals surface area contributed by atoms with Crippen LogP contribution < -0.4 is 0 Å². The van der Waals surface area contributed by atoms with Crippen molar-refractivity contribution in [1.29, 1.82) is 0 Å². The van der Waals surface area contributed by atoms with Gasteiger partial charge in [0, 0.05) is 18.4 Å². The maximum Gasteiger partial charge on any atom is 0.229 e. The van der Waals surface area contributed by atoms with Crippen molar-refractivity contribution in [2.75, 3.05) is 6.54 Å². The van der Waals surface area contributed by atoms with Crippen LogP contribution in [0.2, 0.25) is 0 Å². The second-order valence-corrected chi connectivity index (χ2v) is 5.40. The van der Waals surface area contributed by atoms with Crippen molar-refractivity contribution in [2.24, 2.45) is 0 Å². The molecule has 0 aliphatic carbocycles. The van der Waals surface area contributed by atoms with Gasteiger partial charge in [-0.05, 0) is 49.9 Å². The molecular weight excluding hydrogens is 254 g/mol. The van der Waals surface area contributed by atoms with E-state index in [9.17, 15) is 14.4 Å². The van der Waals surface area contributed by atoms with Crippen LogP contribution in [0.4, 0.5) is 0 Å². The van der Waals surface area contributed by atoms with Gasteiger partial charge < -0.3 is 0 Å². The number of nitrogens with zero attached hydrogens (tertiary/aromatic N) is 1. The summed E-state index contributed by atoms with van der Waals surface area (Å²) in [5.41, 5.74) is 3.65. The van der Waals surface area contributed by atoms with E-state index in [1.165, 1.54) is 0 Å². The quantitative estimate of drug-likeness (QED) is 0.627. The molecule has 0 N–H and O–H groups in total. The Bertz CT molecular complexity index is 574. The first-order chi connectivity index (χ1) is 9.40. The Morgan fingerprint density at radius 3 is 2.15 bits per heavy atom. The second-order valence-electron chi connectivity index (χ2n) is 5.40. The summed E-state index contributed by atoms with van der Waals surface area (Å²) in [7, 11) is 0. The van der Waals surface area contributed by atoms with Crippen LogP contribution in [0.1, 0.15) is 46.3 Å². The van der Waals surface area contributed by atoms with Gasteiger partial charge in [-0.15, -0.1) is 0 Å². The molecule has 0 saturated carbocycles. The number of rotatable bonds is 3. The van der Waals surface area contributed by atoms with Gasteiger partial charge >= 0.3 is 0 Å². The Morgan fingerprint density at radius 1 is 1.00 bits per heavy atom. The Hall–Kier alpha value is -1.97. The number of imide groups is 1. The number of carbonyl (C=O) groups excluding carboxylic acids is 3. The fourth-order valence-corrected chi connectivity index (χ4v) is 2.47. The zero-order valence-corrected chi connectivity index (χ0v) is 12.2. The maximum absolute atomic E-state index is 12.3. The van der Waals surface area contributed by atoms with E-state index in [2.05, 4.69) is 0 Å². The van der Waals surface area contributed by atoms with Gasteiger partial charge in [0.05, 0.1) is 6.54 Å². The van der Waals surface area contributed by atoms with E-state index in [-0.39, 0.29) is 24.1 Å². The van der Waals surface area contributed by atoms with Crippen LogP contribution in [-0.2, 0) is 9.59 Å². The van der Waals surface area contributed by atoms with Gasteiger partial charge in [-0.2, -0.15) is 0 Å². The lowest BCUT2D eigenvalue weighted by Gasteiger charge is -2.24. The van der Waals surface area contributed by atoms with Crippen LogP contribution in [0.3, 0.4) is 0 Å². The summed E-state index contributed by atoms with van der Waals surface area (Å²) in [6, 6.07) is 3.80. The molecule has 2 rings (SSSR count). The van der Waals surface area contributed by atoms with Crippen molar-refractivity contribution in [1.82, 2.24) is 4.90 Å². The number of ketones is 1. The van der Waals surface area contributed by atoms with Crippen molar-refractivity contribution in [3.63, 3.8) is 0 Å². The van der Waals surface area contributed by atoms with Gasteiger partial charge in [0.2, 0.25) is 11.8 Å². The summed E-state index contributed by atoms with van der Waals surface area (Å²) < 4.78 is 0. The zero-order valence-electron chi connectivity index (χ0n) is 12.2. The van der Waals surface area contributed by atoms with E-state index < -0.39 is 0 Å². The van der Waals surface area contributed by atoms with E-state index in [0.29, 0.717) is 24.8 Å². The highest BCUT2D eigenvalue weighted by Crippen LogP contribution is 2.18. The molecule has 0 spiro atoms. The minimum atomic E-state index is -0.240. The number of piperidine rings is 1. The van der Waals surface area contributed by atoms with Crippen LogP contribution in [-0.4, -0.2) is 29.0 Å². The van der Waals surface area contributed by atoms with E-state index in [1.807, 2.05) is 32.9 Å². The zero-order chi connectivity index (χ0) is 14.9. The standard InChI is InChI=1S/C16H19NO3/c1-10-7-12(3)13(8-11(10)2)14(18)9-17-15(19)5-4-6-16(17)20/h7-8H,4-6,9H2,1-3H3. The first-order valence-corrected chi connectivity index (χ1v) is 6.84. The Labute approximate surface area is 118 Å². The Kier molecular flexibility index (Phi) is 4.02. The predicted octanol–water partition coefficient (Wildman–Crippen LogP) is 2.33. The van der Waals surface area contributed by atoms with Gasteiger partial charge in [0.1, 0.15) is 0 Å². The number of benzene rings is 1. The first kappa shape index (κ1) is 14.4. The third kappa shape index (κ3) is 2.79. The molecule has 0 bridgehead atoms. The van der Waals surface area contributed by atoms with Crippen LogP contribution in [0, 0.1) is 20.8 Å². The SMILES string of the molecule is Cc1cc(C)c(C(=O)CN2C(=O)CCCC2=O)cc1C. The highest BCUT2D eigenvalue weighted by Gasteiger charge is 2.28. The molecule has 1 saturated heterocycles. The molecule has 1 fully saturated rings. The minimum absolute atomic E-state index is 0.138. The molecular formula is C16H19NO3. The average molecular weight is 273 g/mol. The highest BCUT2D eigenvalue weighted by atomic mass is 16.2. The van der Waals surface area contributed by atoms with Crippen LogP contribution in [0.25, 0.3) is 0 Å². The number of likely N-dealkylation sites (tertiary alicyclic amines) is 1. The average Bonchev–Trinajstić information content (AvgIpc) is 2.38. The number of hydrogen-bond acceptors (Lipinski definition) is 3. The summed E-state index contributed by atoms with van der Waals surface area (Å²) in [6.45, 7) is 5.68. The minimum Gasteiger partial charge on any atom is -0.292 e. The largest absolute Gasteiger partial charge is 0.292 e. The lowest BCUT2D eigenvalue weighted by Crippen LogP contribution is -2.43. The fourth-order valence-electron chi connectivity index (χ4n) is 2.47. The van der Waals surface area contributed by atoms with E-state index in [0.717, 1.165) is 21.6 Å². The monoisotopic (exact) mass is 273 g/mol. The molecule has 20 heavy (non-hydrogen) atoms. The molecule has 1 aliphatic rings. The number of carbonyl (C=O) groups is 3. The molecule has 4 heteroatoms. The fraction of sp³-hybridized carbons (Fsp3) is 0.438. The Morgan fingerprint density at radius 2 is 1.55 bits per heavy atom. The molecule has 0 aromatic heterocycles. The first-order valence-electron chi connectivity index (χ1n) is 6.84. The molecule has 1 aromatic rings. The van der Waals surface area contributed by atoms with E-state index in [1.54, 1.807) is 0 Å². The summed E-state index contributed by atoms with van der Waals surface area (Å²) >= 11 is 0. The molecule has 0 unspecified atom stereocenters. The molecule has 1 heterocycles. The number of Topliss-reactive ketones (excluding diaryl/α,β-unsaturated/α-hetero) is 1. The summed E-state index contributed by atoms with van der Waals surface area (Å²) in [4.78, 5) is 36.9. The smallest absolute Gasteiger partial charge is 0.229 e. The summed E-state index contributed by atoms with van der Waals surface area (Å²) in [5, 5.41) is 0. The summed E-state index contributed by atoms with van der Waals surface area (Å²) in [6.07, 6.45) is 1.29. The number of hydrogen-bond donors (Lipinski definition) is 0. The van der Waals surface area contributed by atoms with Gasteiger partial charge in [-0.25, -0.2) is 0 Å². The van der Waals surface area contributed by atoms with Crippen molar-refractivity contribution in [3.8, 4) is 0 Å². The maximum atomic E-state index is 12.3. The molecule has 106 valence electrons. The van der Waals surface area contributed by atoms with E-state index in [4.69, 9.17) is 0 Å². The van der Waals surface area contributed by atoms with Crippen molar-refractivity contribution in [3.05, 3.63) is 34.4 Å².